The smallest absolute Gasteiger partial charge is 0.371 e. The van der Waals surface area contributed by atoms with Crippen molar-refractivity contribution in [1.29, 1.82) is 5.26 Å². The van der Waals surface area contributed by atoms with Gasteiger partial charge in [-0.2, -0.15) is 18.4 Å². The van der Waals surface area contributed by atoms with Crippen molar-refractivity contribution in [2.45, 2.75) is 31.5 Å². The summed E-state index contributed by atoms with van der Waals surface area (Å²) in [6, 6.07) is 4.55. The van der Waals surface area contributed by atoms with E-state index in [9.17, 15) is 22.8 Å². The number of aryl methyl sites for hydroxylation is 1. The number of aromatic nitrogens is 2. The number of alkyl halides is 3. The zero-order chi connectivity index (χ0) is 24.0. The summed E-state index contributed by atoms with van der Waals surface area (Å²) in [6.07, 6.45) is 0.107. The van der Waals surface area contributed by atoms with Gasteiger partial charge in [-0.3, -0.25) is 9.59 Å². The Hall–Kier alpha value is -3.55. The molecule has 0 radical (unpaired) electrons. The molecule has 33 heavy (non-hydrogen) atoms. The number of anilines is 1. The van der Waals surface area contributed by atoms with Crippen molar-refractivity contribution in [1.82, 2.24) is 14.5 Å². The van der Waals surface area contributed by atoms with E-state index in [0.29, 0.717) is 44.6 Å². The van der Waals surface area contributed by atoms with Gasteiger partial charge in [-0.1, -0.05) is 0 Å². The lowest BCUT2D eigenvalue weighted by atomic mass is 9.76. The zero-order valence-electron chi connectivity index (χ0n) is 18.0. The molecule has 11 heteroatoms. The van der Waals surface area contributed by atoms with Crippen molar-refractivity contribution in [3.8, 4) is 6.07 Å². The molecule has 2 fully saturated rings. The molecule has 0 bridgehead atoms. The highest BCUT2D eigenvalue weighted by atomic mass is 19.4. The van der Waals surface area contributed by atoms with E-state index in [4.69, 9.17) is 11.0 Å². The average Bonchev–Trinajstić information content (AvgIpc) is 3.37. The Morgan fingerprint density at radius 3 is 2.52 bits per heavy atom. The van der Waals surface area contributed by atoms with Gasteiger partial charge in [-0.05, 0) is 42.9 Å². The fourth-order valence-electron chi connectivity index (χ4n) is 4.89. The molecular formula is C22H23F3N6O2. The minimum atomic E-state index is -4.62. The summed E-state index contributed by atoms with van der Waals surface area (Å²) in [7, 11) is 1.69. The maximum absolute atomic E-state index is 13.3. The maximum atomic E-state index is 13.3. The number of carbonyl (C=O) groups excluding carboxylic acids is 2. The molecule has 0 saturated carbocycles. The summed E-state index contributed by atoms with van der Waals surface area (Å²) >= 11 is 0. The second-order valence-corrected chi connectivity index (χ2v) is 8.74. The van der Waals surface area contributed by atoms with Crippen molar-refractivity contribution >= 4 is 17.5 Å². The summed E-state index contributed by atoms with van der Waals surface area (Å²) < 4.78 is 41.6. The highest BCUT2D eigenvalue weighted by Gasteiger charge is 2.50. The van der Waals surface area contributed by atoms with E-state index in [-0.39, 0.29) is 17.1 Å². The first-order chi connectivity index (χ1) is 15.5. The molecule has 2 aliphatic rings. The molecular weight excluding hydrogens is 437 g/mol. The Labute approximate surface area is 188 Å². The van der Waals surface area contributed by atoms with Crippen LogP contribution in [0.15, 0.2) is 30.6 Å². The number of nitriles is 1. The van der Waals surface area contributed by atoms with Crippen molar-refractivity contribution < 1.29 is 22.8 Å². The molecule has 2 N–H and O–H groups in total. The molecule has 0 aliphatic carbocycles. The number of hydrogen-bond acceptors (Lipinski definition) is 5. The van der Waals surface area contributed by atoms with Crippen LogP contribution in [-0.2, 0) is 18.0 Å². The first-order valence-corrected chi connectivity index (χ1v) is 10.5. The standard InChI is InChI=1S/C22H23F3N6O2/c1-29-9-6-28-19(29)20(33)31-13-21(11-17(31)18(27)32)4-7-30(8-5-21)15-3-2-14(12-26)16(10-15)22(23,24)25/h2-3,6,9-10,17H,4-5,7-8,11,13H2,1H3,(H2,27,32). The topological polar surface area (TPSA) is 108 Å². The summed E-state index contributed by atoms with van der Waals surface area (Å²) in [5.74, 6) is -0.737. The number of piperidine rings is 1. The number of benzene rings is 1. The molecule has 1 aromatic carbocycles. The Morgan fingerprint density at radius 1 is 1.27 bits per heavy atom. The number of hydrogen-bond donors (Lipinski definition) is 1. The minimum Gasteiger partial charge on any atom is -0.371 e. The fraction of sp³-hybridized carbons (Fsp3) is 0.455. The molecule has 8 nitrogen and oxygen atoms in total. The van der Waals surface area contributed by atoms with Crippen LogP contribution in [0.3, 0.4) is 0 Å². The largest absolute Gasteiger partial charge is 0.417 e. The van der Waals surface area contributed by atoms with E-state index in [2.05, 4.69) is 4.98 Å². The van der Waals surface area contributed by atoms with Crippen LogP contribution in [0.1, 0.15) is 41.0 Å². The van der Waals surface area contributed by atoms with Crippen LogP contribution in [-0.4, -0.2) is 51.9 Å². The van der Waals surface area contributed by atoms with Gasteiger partial charge in [-0.25, -0.2) is 4.98 Å². The monoisotopic (exact) mass is 460 g/mol. The lowest BCUT2D eigenvalue weighted by Crippen LogP contribution is -2.45. The van der Waals surface area contributed by atoms with Crippen LogP contribution < -0.4 is 10.6 Å². The Balaban J connectivity index is 1.52. The van der Waals surface area contributed by atoms with Crippen molar-refractivity contribution in [2.24, 2.45) is 18.2 Å². The van der Waals surface area contributed by atoms with Gasteiger partial charge in [0, 0.05) is 44.8 Å². The summed E-state index contributed by atoms with van der Waals surface area (Å²) in [5, 5.41) is 9.01. The number of carbonyl (C=O) groups is 2. The molecule has 2 amide bonds. The van der Waals surface area contributed by atoms with E-state index in [0.717, 1.165) is 6.07 Å². The Kier molecular flexibility index (Phi) is 5.56. The van der Waals surface area contributed by atoms with Gasteiger partial charge in [0.2, 0.25) is 5.91 Å². The molecule has 1 atom stereocenters. The SMILES string of the molecule is Cn1ccnc1C(=O)N1CC2(CCN(c3ccc(C#N)c(C(F)(F)F)c3)CC2)CC1C(N)=O. The number of amides is 2. The van der Waals surface area contributed by atoms with Crippen molar-refractivity contribution in [3.63, 3.8) is 0 Å². The third-order valence-corrected chi connectivity index (χ3v) is 6.73. The third-order valence-electron chi connectivity index (χ3n) is 6.73. The number of imidazole rings is 1. The number of likely N-dealkylation sites (tertiary alicyclic amines) is 1. The van der Waals surface area contributed by atoms with Crippen molar-refractivity contribution in [3.05, 3.63) is 47.5 Å². The molecule has 4 rings (SSSR count). The number of primary amides is 1. The molecule has 1 spiro atoms. The molecule has 2 aliphatic heterocycles. The van der Waals surface area contributed by atoms with E-state index in [1.165, 1.54) is 23.2 Å². The molecule has 174 valence electrons. The van der Waals surface area contributed by atoms with Gasteiger partial charge in [0.05, 0.1) is 17.2 Å². The average molecular weight is 460 g/mol. The second kappa shape index (κ2) is 8.10. The Morgan fingerprint density at radius 2 is 1.97 bits per heavy atom. The fourth-order valence-corrected chi connectivity index (χ4v) is 4.89. The number of nitrogens with two attached hydrogens (primary N) is 1. The van der Waals surface area contributed by atoms with Gasteiger partial charge >= 0.3 is 6.18 Å². The first-order valence-electron chi connectivity index (χ1n) is 10.5. The van der Waals surface area contributed by atoms with Crippen molar-refractivity contribution in [2.75, 3.05) is 24.5 Å². The lowest BCUT2D eigenvalue weighted by Gasteiger charge is -2.40. The lowest BCUT2D eigenvalue weighted by molar-refractivity contribution is -0.137. The van der Waals surface area contributed by atoms with Gasteiger partial charge in [0.15, 0.2) is 5.82 Å². The predicted octanol–water partition coefficient (Wildman–Crippen LogP) is 2.30. The van der Waals surface area contributed by atoms with Gasteiger partial charge < -0.3 is 20.1 Å². The van der Waals surface area contributed by atoms with Crippen LogP contribution in [0.2, 0.25) is 0 Å². The number of nitrogens with zero attached hydrogens (tertiary/aromatic N) is 5. The zero-order valence-corrected chi connectivity index (χ0v) is 18.0. The first kappa shape index (κ1) is 22.6. The van der Waals surface area contributed by atoms with Crippen LogP contribution in [0.25, 0.3) is 0 Å². The number of rotatable bonds is 3. The van der Waals surface area contributed by atoms with Crippen LogP contribution in [0.5, 0.6) is 0 Å². The van der Waals surface area contributed by atoms with Gasteiger partial charge in [0.1, 0.15) is 6.04 Å². The quantitative estimate of drug-likeness (QED) is 0.756. The molecule has 2 saturated heterocycles. The molecule has 3 heterocycles. The van der Waals surface area contributed by atoms with E-state index in [1.807, 2.05) is 4.90 Å². The van der Waals surface area contributed by atoms with E-state index in [1.54, 1.807) is 23.9 Å². The number of halogens is 3. The molecule has 1 unspecified atom stereocenters. The van der Waals surface area contributed by atoms with Gasteiger partial charge in [-0.15, -0.1) is 0 Å². The molecule has 2 aromatic rings. The Bertz CT molecular complexity index is 1130. The second-order valence-electron chi connectivity index (χ2n) is 8.74. The van der Waals surface area contributed by atoms with E-state index < -0.39 is 29.3 Å². The van der Waals surface area contributed by atoms with E-state index >= 15 is 0 Å². The normalized spacial score (nSPS) is 20.2. The predicted molar refractivity (Wildman–Crippen MR) is 112 cm³/mol. The maximum Gasteiger partial charge on any atom is 0.417 e. The minimum absolute atomic E-state index is 0.216. The highest BCUT2D eigenvalue weighted by molar-refractivity contribution is 5.95. The van der Waals surface area contributed by atoms with Crippen LogP contribution in [0.4, 0.5) is 18.9 Å². The summed E-state index contributed by atoms with van der Waals surface area (Å²) in [5.41, 5.74) is 4.28. The van der Waals surface area contributed by atoms with Crippen LogP contribution >= 0.6 is 0 Å². The highest BCUT2D eigenvalue weighted by Crippen LogP contribution is 2.45. The molecule has 1 aromatic heterocycles. The third kappa shape index (κ3) is 4.13. The van der Waals surface area contributed by atoms with Gasteiger partial charge in [0.25, 0.3) is 5.91 Å². The summed E-state index contributed by atoms with van der Waals surface area (Å²) in [4.78, 5) is 32.6. The summed E-state index contributed by atoms with van der Waals surface area (Å²) in [6.45, 7) is 1.25. The van der Waals surface area contributed by atoms with Crippen LogP contribution in [0, 0.1) is 16.7 Å².